The van der Waals surface area contributed by atoms with Gasteiger partial charge in [0.2, 0.25) is 11.9 Å². The van der Waals surface area contributed by atoms with Crippen LogP contribution in [0, 0.1) is 0 Å². The summed E-state index contributed by atoms with van der Waals surface area (Å²) in [7, 11) is 0. The van der Waals surface area contributed by atoms with E-state index in [4.69, 9.17) is 0 Å². The van der Waals surface area contributed by atoms with E-state index in [2.05, 4.69) is 41.9 Å². The first-order chi connectivity index (χ1) is 10.3. The van der Waals surface area contributed by atoms with Crippen molar-refractivity contribution in [1.82, 2.24) is 29.7 Å². The molecule has 2 heterocycles. The molecule has 0 atom stereocenters. The molecule has 21 heavy (non-hydrogen) atoms. The van der Waals surface area contributed by atoms with Crippen molar-refractivity contribution < 1.29 is 0 Å². The molecule has 0 unspecified atom stereocenters. The van der Waals surface area contributed by atoms with E-state index < -0.39 is 0 Å². The van der Waals surface area contributed by atoms with Crippen LogP contribution in [0.2, 0.25) is 0 Å². The second kappa shape index (κ2) is 8.40. The zero-order valence-electron chi connectivity index (χ0n) is 12.3. The monoisotopic (exact) mass is 308 g/mol. The highest BCUT2D eigenvalue weighted by Crippen LogP contribution is 2.08. The topological polar surface area (TPSA) is 93.4 Å². The number of thioether (sulfide) groups is 1. The second-order valence-corrected chi connectivity index (χ2v) is 5.27. The molecule has 0 bridgehead atoms. The summed E-state index contributed by atoms with van der Waals surface area (Å²) in [5, 5.41) is 10.4. The van der Waals surface area contributed by atoms with Crippen LogP contribution in [0.5, 0.6) is 0 Å². The molecule has 0 saturated carbocycles. The van der Waals surface area contributed by atoms with Crippen molar-refractivity contribution in [3.05, 3.63) is 12.7 Å². The van der Waals surface area contributed by atoms with E-state index in [0.717, 1.165) is 19.5 Å². The van der Waals surface area contributed by atoms with Gasteiger partial charge in [-0.15, -0.1) is 0 Å². The van der Waals surface area contributed by atoms with E-state index in [-0.39, 0.29) is 0 Å². The van der Waals surface area contributed by atoms with Crippen LogP contribution in [0.15, 0.2) is 12.7 Å². The molecule has 8 nitrogen and oxygen atoms in total. The van der Waals surface area contributed by atoms with Crippen LogP contribution in [0.25, 0.3) is 5.95 Å². The average Bonchev–Trinajstić information content (AvgIpc) is 3.01. The molecule has 0 aliphatic carbocycles. The number of hydrogen-bond donors (Lipinski definition) is 2. The Balaban J connectivity index is 2.05. The fraction of sp³-hybridized carbons (Fsp3) is 0.583. The first kappa shape index (κ1) is 15.5. The van der Waals surface area contributed by atoms with Crippen molar-refractivity contribution in [2.75, 3.05) is 35.7 Å². The fourth-order valence-electron chi connectivity index (χ4n) is 1.67. The summed E-state index contributed by atoms with van der Waals surface area (Å²) in [6, 6.07) is 0. The summed E-state index contributed by atoms with van der Waals surface area (Å²) in [6.45, 7) is 3.58. The van der Waals surface area contributed by atoms with Crippen molar-refractivity contribution in [2.24, 2.45) is 0 Å². The van der Waals surface area contributed by atoms with Gasteiger partial charge >= 0.3 is 0 Å². The maximum Gasteiger partial charge on any atom is 0.258 e. The molecule has 0 radical (unpaired) electrons. The summed E-state index contributed by atoms with van der Waals surface area (Å²) in [5.74, 6) is 2.71. The van der Waals surface area contributed by atoms with Crippen molar-refractivity contribution in [1.29, 1.82) is 0 Å². The Bertz CT molecular complexity index is 530. The molecule has 9 heteroatoms. The molecule has 114 valence electrons. The summed E-state index contributed by atoms with van der Waals surface area (Å²) in [4.78, 5) is 16.9. The van der Waals surface area contributed by atoms with Crippen molar-refractivity contribution in [3.63, 3.8) is 0 Å². The Morgan fingerprint density at radius 1 is 1.14 bits per heavy atom. The lowest BCUT2D eigenvalue weighted by atomic mass is 10.3. The summed E-state index contributed by atoms with van der Waals surface area (Å²) in [5.41, 5.74) is 0. The minimum absolute atomic E-state index is 0.449. The average molecular weight is 308 g/mol. The molecule has 0 fully saturated rings. The van der Waals surface area contributed by atoms with E-state index in [0.29, 0.717) is 17.8 Å². The summed E-state index contributed by atoms with van der Waals surface area (Å²) >= 11 is 1.86. The minimum atomic E-state index is 0.449. The number of nitrogens with one attached hydrogen (secondary N) is 2. The van der Waals surface area contributed by atoms with Crippen molar-refractivity contribution in [2.45, 2.75) is 19.8 Å². The summed E-state index contributed by atoms with van der Waals surface area (Å²) < 4.78 is 1.52. The van der Waals surface area contributed by atoms with E-state index in [1.807, 2.05) is 18.7 Å². The van der Waals surface area contributed by atoms with Gasteiger partial charge in [-0.05, 0) is 31.8 Å². The summed E-state index contributed by atoms with van der Waals surface area (Å²) in [6.07, 6.45) is 7.39. The molecule has 2 N–H and O–H groups in total. The molecule has 0 aromatic carbocycles. The van der Waals surface area contributed by atoms with Crippen molar-refractivity contribution >= 4 is 23.7 Å². The molecular weight excluding hydrogens is 288 g/mol. The number of nitrogens with zero attached hydrogens (tertiary/aromatic N) is 6. The van der Waals surface area contributed by atoms with Gasteiger partial charge in [0.1, 0.15) is 12.7 Å². The molecule has 0 aliphatic heterocycles. The lowest BCUT2D eigenvalue weighted by Crippen LogP contribution is -2.13. The standard InChI is InChI=1S/C12H20N8S/c1-3-14-10-17-11(15-6-4-5-7-21-2)19-12(18-10)20-9-13-8-16-20/h8-9H,3-7H2,1-2H3,(H2,14,15,17,18,19). The Kier molecular flexibility index (Phi) is 6.20. The largest absolute Gasteiger partial charge is 0.354 e. The highest BCUT2D eigenvalue weighted by atomic mass is 32.2. The molecule has 2 rings (SSSR count). The normalized spacial score (nSPS) is 10.6. The molecule has 0 amide bonds. The Morgan fingerprint density at radius 2 is 1.95 bits per heavy atom. The van der Waals surface area contributed by atoms with E-state index in [1.165, 1.54) is 23.2 Å². The lowest BCUT2D eigenvalue weighted by molar-refractivity contribution is 0.786. The SMILES string of the molecule is CCNc1nc(NCCCCSC)nc(-n2cncn2)n1. The predicted molar refractivity (Wildman–Crippen MR) is 85.0 cm³/mol. The van der Waals surface area contributed by atoms with Gasteiger partial charge in [0.05, 0.1) is 0 Å². The third-order valence-electron chi connectivity index (χ3n) is 2.64. The van der Waals surface area contributed by atoms with Crippen LogP contribution in [0.4, 0.5) is 11.9 Å². The second-order valence-electron chi connectivity index (χ2n) is 4.28. The number of unbranched alkanes of at least 4 members (excludes halogenated alkanes) is 1. The van der Waals surface area contributed by atoms with E-state index >= 15 is 0 Å². The lowest BCUT2D eigenvalue weighted by Gasteiger charge is -2.09. The van der Waals surface area contributed by atoms with Crippen LogP contribution >= 0.6 is 11.8 Å². The van der Waals surface area contributed by atoms with Gasteiger partial charge in [-0.1, -0.05) is 0 Å². The molecule has 2 aromatic heterocycles. The molecular formula is C12H20N8S. The Labute approximate surface area is 128 Å². The van der Waals surface area contributed by atoms with Crippen LogP contribution in [-0.4, -0.2) is 54.8 Å². The van der Waals surface area contributed by atoms with Crippen LogP contribution in [0.3, 0.4) is 0 Å². The number of rotatable bonds is 9. The molecule has 0 saturated heterocycles. The minimum Gasteiger partial charge on any atom is -0.354 e. The van der Waals surface area contributed by atoms with Crippen LogP contribution in [0.1, 0.15) is 19.8 Å². The van der Waals surface area contributed by atoms with Gasteiger partial charge < -0.3 is 10.6 Å². The fourth-order valence-corrected chi connectivity index (χ4v) is 2.16. The third-order valence-corrected chi connectivity index (χ3v) is 3.34. The molecule has 0 spiro atoms. The van der Waals surface area contributed by atoms with Crippen LogP contribution in [-0.2, 0) is 0 Å². The maximum atomic E-state index is 4.36. The highest BCUT2D eigenvalue weighted by Gasteiger charge is 2.08. The number of anilines is 2. The van der Waals surface area contributed by atoms with Crippen LogP contribution < -0.4 is 10.6 Å². The van der Waals surface area contributed by atoms with Gasteiger partial charge in [0.25, 0.3) is 5.95 Å². The third kappa shape index (κ3) is 4.85. The van der Waals surface area contributed by atoms with Gasteiger partial charge in [0, 0.05) is 13.1 Å². The highest BCUT2D eigenvalue weighted by molar-refractivity contribution is 7.98. The van der Waals surface area contributed by atoms with Gasteiger partial charge in [-0.2, -0.15) is 36.5 Å². The molecule has 0 aliphatic rings. The molecule has 2 aromatic rings. The maximum absolute atomic E-state index is 4.36. The first-order valence-electron chi connectivity index (χ1n) is 6.91. The van der Waals surface area contributed by atoms with Crippen molar-refractivity contribution in [3.8, 4) is 5.95 Å². The first-order valence-corrected chi connectivity index (χ1v) is 8.30. The zero-order chi connectivity index (χ0) is 14.9. The smallest absolute Gasteiger partial charge is 0.258 e. The van der Waals surface area contributed by atoms with Gasteiger partial charge in [-0.3, -0.25) is 0 Å². The van der Waals surface area contributed by atoms with Gasteiger partial charge in [0.15, 0.2) is 0 Å². The van der Waals surface area contributed by atoms with E-state index in [9.17, 15) is 0 Å². The quantitative estimate of drug-likeness (QED) is 0.672. The van der Waals surface area contributed by atoms with Gasteiger partial charge in [-0.25, -0.2) is 4.98 Å². The Morgan fingerprint density at radius 3 is 2.62 bits per heavy atom. The van der Waals surface area contributed by atoms with E-state index in [1.54, 1.807) is 6.33 Å². The number of hydrogen-bond acceptors (Lipinski definition) is 8. The zero-order valence-corrected chi connectivity index (χ0v) is 13.1. The Hall–Kier alpha value is -1.90. The predicted octanol–water partition coefficient (Wildman–Crippen LogP) is 1.44. The number of aromatic nitrogens is 6.